The van der Waals surface area contributed by atoms with Crippen molar-refractivity contribution in [2.24, 2.45) is 0 Å². The van der Waals surface area contributed by atoms with Gasteiger partial charge in [-0.2, -0.15) is 0 Å². The van der Waals surface area contributed by atoms with Crippen molar-refractivity contribution in [3.05, 3.63) is 75.8 Å². The van der Waals surface area contributed by atoms with Crippen LogP contribution in [0.4, 0.5) is 0 Å². The second-order valence-electron chi connectivity index (χ2n) is 4.92. The van der Waals surface area contributed by atoms with Crippen molar-refractivity contribution in [2.45, 2.75) is 19.4 Å². The quantitative estimate of drug-likeness (QED) is 0.775. The smallest absolute Gasteiger partial charge is 0.259 e. The maximum absolute atomic E-state index is 12.3. The molecule has 4 heteroatoms. The Morgan fingerprint density at radius 3 is 2.62 bits per heavy atom. The predicted molar refractivity (Wildman–Crippen MR) is 82.2 cm³/mol. The number of aryl methyl sites for hydroxylation is 1. The van der Waals surface area contributed by atoms with Gasteiger partial charge in [-0.3, -0.25) is 4.79 Å². The third-order valence-electron chi connectivity index (χ3n) is 3.56. The van der Waals surface area contributed by atoms with E-state index in [1.54, 1.807) is 12.1 Å². The van der Waals surface area contributed by atoms with Crippen molar-refractivity contribution in [2.75, 3.05) is 0 Å². The summed E-state index contributed by atoms with van der Waals surface area (Å²) in [4.78, 5) is 19.5. The Hall–Kier alpha value is -2.46. The summed E-state index contributed by atoms with van der Waals surface area (Å²) in [5, 5.41) is 11.0. The molecule has 0 bridgehead atoms. The summed E-state index contributed by atoms with van der Waals surface area (Å²) in [6, 6.07) is 14.7. The van der Waals surface area contributed by atoms with Crippen LogP contribution in [0.2, 0.25) is 0 Å². The highest BCUT2D eigenvalue weighted by Crippen LogP contribution is 2.26. The van der Waals surface area contributed by atoms with Crippen LogP contribution < -0.4 is 5.56 Å². The van der Waals surface area contributed by atoms with E-state index in [0.717, 1.165) is 5.56 Å². The number of hydrogen-bond donors (Lipinski definition) is 2. The van der Waals surface area contributed by atoms with Gasteiger partial charge in [0.2, 0.25) is 0 Å². The molecule has 21 heavy (non-hydrogen) atoms. The van der Waals surface area contributed by atoms with Crippen molar-refractivity contribution in [3.63, 3.8) is 0 Å². The molecule has 1 heterocycles. The first kappa shape index (κ1) is 13.5. The van der Waals surface area contributed by atoms with E-state index in [4.69, 9.17) is 0 Å². The fraction of sp³-hybridized carbons (Fsp3) is 0.176. The number of aromatic amines is 1. The summed E-state index contributed by atoms with van der Waals surface area (Å²) in [6.45, 7) is 1.94. The molecule has 1 aromatic heterocycles. The Labute approximate surface area is 122 Å². The fourth-order valence-electron chi connectivity index (χ4n) is 2.48. The number of nitrogens with one attached hydrogen (secondary N) is 1. The lowest BCUT2D eigenvalue weighted by Gasteiger charge is -2.13. The molecule has 0 aliphatic carbocycles. The van der Waals surface area contributed by atoms with E-state index in [0.29, 0.717) is 28.7 Å². The predicted octanol–water partition coefficient (Wildman–Crippen LogP) is 2.57. The topological polar surface area (TPSA) is 66.0 Å². The molecule has 0 aliphatic rings. The number of benzene rings is 2. The van der Waals surface area contributed by atoms with Gasteiger partial charge in [0, 0.05) is 6.42 Å². The summed E-state index contributed by atoms with van der Waals surface area (Å²) < 4.78 is 0. The van der Waals surface area contributed by atoms with Gasteiger partial charge in [0.25, 0.3) is 5.56 Å². The van der Waals surface area contributed by atoms with Crippen LogP contribution in [-0.2, 0) is 6.42 Å². The van der Waals surface area contributed by atoms with Gasteiger partial charge in [0.15, 0.2) is 0 Å². The summed E-state index contributed by atoms with van der Waals surface area (Å²) >= 11 is 0. The summed E-state index contributed by atoms with van der Waals surface area (Å²) in [5.41, 5.74) is 1.74. The average Bonchev–Trinajstić information content (AvgIpc) is 2.54. The number of nitrogens with zero attached hydrogens (tertiary/aromatic N) is 1. The van der Waals surface area contributed by atoms with Gasteiger partial charge in [-0.15, -0.1) is 0 Å². The molecule has 2 aromatic carbocycles. The van der Waals surface area contributed by atoms with E-state index in [1.807, 2.05) is 43.3 Å². The molecule has 1 unspecified atom stereocenters. The first-order valence-electron chi connectivity index (χ1n) is 6.95. The molecule has 0 radical (unpaired) electrons. The zero-order valence-corrected chi connectivity index (χ0v) is 11.7. The first-order valence-corrected chi connectivity index (χ1v) is 6.95. The standard InChI is InChI=1S/C17H16N2O2/c1-2-14-18-13-10-6-9-12(15(13)17(21)19-14)16(20)11-7-4-3-5-8-11/h3-10,16,20H,2H2,1H3,(H,18,19,21). The number of fused-ring (bicyclic) bond motifs is 1. The molecular formula is C17H16N2O2. The lowest BCUT2D eigenvalue weighted by molar-refractivity contribution is 0.222. The van der Waals surface area contributed by atoms with E-state index in [2.05, 4.69) is 9.97 Å². The normalized spacial score (nSPS) is 12.5. The Morgan fingerprint density at radius 2 is 1.90 bits per heavy atom. The van der Waals surface area contributed by atoms with Gasteiger partial charge in [0.05, 0.1) is 10.9 Å². The van der Waals surface area contributed by atoms with Gasteiger partial charge in [-0.25, -0.2) is 4.98 Å². The van der Waals surface area contributed by atoms with Crippen molar-refractivity contribution < 1.29 is 5.11 Å². The number of aliphatic hydroxyl groups is 1. The molecule has 3 aromatic rings. The number of aliphatic hydroxyl groups excluding tert-OH is 1. The molecule has 1 atom stereocenters. The van der Waals surface area contributed by atoms with Crippen LogP contribution in [0.1, 0.15) is 30.0 Å². The molecule has 0 amide bonds. The SMILES string of the molecule is CCc1nc2cccc(C(O)c3ccccc3)c2c(=O)[nH]1. The molecular weight excluding hydrogens is 264 g/mol. The number of hydrogen-bond acceptors (Lipinski definition) is 3. The summed E-state index contributed by atoms with van der Waals surface area (Å²) in [7, 11) is 0. The third kappa shape index (κ3) is 2.45. The van der Waals surface area contributed by atoms with Crippen molar-refractivity contribution in [1.82, 2.24) is 9.97 Å². The van der Waals surface area contributed by atoms with Gasteiger partial charge < -0.3 is 10.1 Å². The number of aromatic nitrogens is 2. The van der Waals surface area contributed by atoms with Crippen molar-refractivity contribution >= 4 is 10.9 Å². The highest BCUT2D eigenvalue weighted by molar-refractivity contribution is 5.82. The Bertz CT molecular complexity index is 825. The van der Waals surface area contributed by atoms with Crippen molar-refractivity contribution in [3.8, 4) is 0 Å². The lowest BCUT2D eigenvalue weighted by Crippen LogP contribution is -2.15. The third-order valence-corrected chi connectivity index (χ3v) is 3.56. The minimum atomic E-state index is -0.842. The van der Waals surface area contributed by atoms with Gasteiger partial charge in [-0.05, 0) is 17.2 Å². The Morgan fingerprint density at radius 1 is 1.14 bits per heavy atom. The zero-order chi connectivity index (χ0) is 14.8. The Kier molecular flexibility index (Phi) is 3.54. The highest BCUT2D eigenvalue weighted by atomic mass is 16.3. The molecule has 3 rings (SSSR count). The number of H-pyrrole nitrogens is 1. The monoisotopic (exact) mass is 280 g/mol. The van der Waals surface area contributed by atoms with Crippen molar-refractivity contribution in [1.29, 1.82) is 0 Å². The van der Waals surface area contributed by atoms with Crippen LogP contribution in [0, 0.1) is 0 Å². The van der Waals surface area contributed by atoms with Crippen LogP contribution >= 0.6 is 0 Å². The zero-order valence-electron chi connectivity index (χ0n) is 11.7. The number of rotatable bonds is 3. The lowest BCUT2D eigenvalue weighted by atomic mass is 9.98. The minimum absolute atomic E-state index is 0.206. The second-order valence-corrected chi connectivity index (χ2v) is 4.92. The maximum atomic E-state index is 12.3. The first-order chi connectivity index (χ1) is 10.2. The van der Waals surface area contributed by atoms with E-state index in [9.17, 15) is 9.90 Å². The molecule has 0 saturated carbocycles. The van der Waals surface area contributed by atoms with Crippen LogP contribution in [0.3, 0.4) is 0 Å². The second kappa shape index (κ2) is 5.50. The molecule has 106 valence electrons. The van der Waals surface area contributed by atoms with Crippen LogP contribution in [0.25, 0.3) is 10.9 Å². The molecule has 0 aliphatic heterocycles. The van der Waals surface area contributed by atoms with E-state index in [-0.39, 0.29) is 5.56 Å². The molecule has 0 fully saturated rings. The summed E-state index contributed by atoms with van der Waals surface area (Å²) in [5.74, 6) is 0.652. The van der Waals surface area contributed by atoms with E-state index < -0.39 is 6.10 Å². The molecule has 0 saturated heterocycles. The van der Waals surface area contributed by atoms with E-state index in [1.165, 1.54) is 0 Å². The van der Waals surface area contributed by atoms with Crippen LogP contribution in [0.15, 0.2) is 53.3 Å². The van der Waals surface area contributed by atoms with Gasteiger partial charge in [0.1, 0.15) is 11.9 Å². The Balaban J connectivity index is 2.22. The van der Waals surface area contributed by atoms with Crippen LogP contribution in [0.5, 0.6) is 0 Å². The maximum Gasteiger partial charge on any atom is 0.259 e. The molecule has 0 spiro atoms. The van der Waals surface area contributed by atoms with Gasteiger partial charge >= 0.3 is 0 Å². The molecule has 4 nitrogen and oxygen atoms in total. The highest BCUT2D eigenvalue weighted by Gasteiger charge is 2.16. The van der Waals surface area contributed by atoms with Crippen LogP contribution in [-0.4, -0.2) is 15.1 Å². The van der Waals surface area contributed by atoms with E-state index >= 15 is 0 Å². The minimum Gasteiger partial charge on any atom is -0.384 e. The average molecular weight is 280 g/mol. The van der Waals surface area contributed by atoms with Gasteiger partial charge in [-0.1, -0.05) is 49.4 Å². The molecule has 2 N–H and O–H groups in total. The fourth-order valence-corrected chi connectivity index (χ4v) is 2.48. The summed E-state index contributed by atoms with van der Waals surface area (Å²) in [6.07, 6.45) is -0.179. The largest absolute Gasteiger partial charge is 0.384 e.